The molecule has 1 aromatic rings. The van der Waals surface area contributed by atoms with E-state index < -0.39 is 0 Å². The minimum atomic E-state index is 0.512. The van der Waals surface area contributed by atoms with Gasteiger partial charge < -0.3 is 0 Å². The molecule has 3 heteroatoms. The van der Waals surface area contributed by atoms with Crippen LogP contribution in [0.15, 0.2) is 0 Å². The Kier molecular flexibility index (Phi) is 5.19. The van der Waals surface area contributed by atoms with E-state index in [9.17, 15) is 0 Å². The van der Waals surface area contributed by atoms with Crippen molar-refractivity contribution in [1.29, 1.82) is 0 Å². The monoisotopic (exact) mass is 237 g/mol. The normalized spacial score (nSPS) is 11.8. The quantitative estimate of drug-likeness (QED) is 0.757. The molecule has 0 saturated heterocycles. The molecule has 0 bridgehead atoms. The summed E-state index contributed by atoms with van der Waals surface area (Å²) in [6, 6.07) is 0. The smallest absolute Gasteiger partial charge is 0.0682 e. The van der Waals surface area contributed by atoms with Gasteiger partial charge in [-0.15, -0.1) is 0 Å². The van der Waals surface area contributed by atoms with Crippen molar-refractivity contribution in [2.45, 2.75) is 60.5 Å². The molecule has 0 aliphatic heterocycles. The molecule has 0 fully saturated rings. The van der Waals surface area contributed by atoms with Crippen LogP contribution in [0.25, 0.3) is 0 Å². The van der Waals surface area contributed by atoms with Crippen molar-refractivity contribution in [2.24, 2.45) is 0 Å². The SMILES string of the molecule is CCN(CC)Cc1c(C)c(C(C)C)nn1CC. The Hall–Kier alpha value is -0.830. The summed E-state index contributed by atoms with van der Waals surface area (Å²) in [6.07, 6.45) is 0. The zero-order valence-corrected chi connectivity index (χ0v) is 12.2. The van der Waals surface area contributed by atoms with Crippen LogP contribution >= 0.6 is 0 Å². The molecule has 0 N–H and O–H groups in total. The zero-order chi connectivity index (χ0) is 13.0. The van der Waals surface area contributed by atoms with Gasteiger partial charge in [0.2, 0.25) is 0 Å². The number of aryl methyl sites for hydroxylation is 1. The molecular weight excluding hydrogens is 210 g/mol. The summed E-state index contributed by atoms with van der Waals surface area (Å²) in [5, 5.41) is 4.74. The lowest BCUT2D eigenvalue weighted by molar-refractivity contribution is 0.285. The molecule has 3 nitrogen and oxygen atoms in total. The highest BCUT2D eigenvalue weighted by Crippen LogP contribution is 2.22. The van der Waals surface area contributed by atoms with Crippen LogP contribution in [0, 0.1) is 6.92 Å². The Labute approximate surface area is 106 Å². The number of rotatable bonds is 6. The second kappa shape index (κ2) is 6.20. The van der Waals surface area contributed by atoms with E-state index >= 15 is 0 Å². The maximum absolute atomic E-state index is 4.74. The Morgan fingerprint density at radius 1 is 1.18 bits per heavy atom. The largest absolute Gasteiger partial charge is 0.298 e. The number of hydrogen-bond acceptors (Lipinski definition) is 2. The summed E-state index contributed by atoms with van der Waals surface area (Å²) < 4.78 is 2.17. The number of nitrogens with zero attached hydrogens (tertiary/aromatic N) is 3. The van der Waals surface area contributed by atoms with Gasteiger partial charge in [-0.3, -0.25) is 9.58 Å². The molecule has 0 atom stereocenters. The topological polar surface area (TPSA) is 21.1 Å². The molecule has 98 valence electrons. The Bertz CT molecular complexity index is 349. The Balaban J connectivity index is 3.04. The number of hydrogen-bond donors (Lipinski definition) is 0. The Morgan fingerprint density at radius 2 is 1.76 bits per heavy atom. The van der Waals surface area contributed by atoms with Gasteiger partial charge in [-0.2, -0.15) is 5.10 Å². The van der Waals surface area contributed by atoms with E-state index in [1.165, 1.54) is 17.0 Å². The summed E-state index contributed by atoms with van der Waals surface area (Å²) in [5.74, 6) is 0.512. The fourth-order valence-electron chi connectivity index (χ4n) is 2.28. The first-order valence-electron chi connectivity index (χ1n) is 6.83. The van der Waals surface area contributed by atoms with Gasteiger partial charge in [0.05, 0.1) is 11.4 Å². The summed E-state index contributed by atoms with van der Waals surface area (Å²) in [6.45, 7) is 17.4. The van der Waals surface area contributed by atoms with Crippen LogP contribution in [0.2, 0.25) is 0 Å². The van der Waals surface area contributed by atoms with E-state index in [1.54, 1.807) is 0 Å². The second-order valence-corrected chi connectivity index (χ2v) is 4.89. The van der Waals surface area contributed by atoms with E-state index in [0.717, 1.165) is 26.2 Å². The van der Waals surface area contributed by atoms with Crippen LogP contribution in [-0.4, -0.2) is 27.8 Å². The molecule has 0 aliphatic carbocycles. The summed E-state index contributed by atoms with van der Waals surface area (Å²) in [4.78, 5) is 2.44. The molecule has 0 radical (unpaired) electrons. The minimum Gasteiger partial charge on any atom is -0.298 e. The fraction of sp³-hybridized carbons (Fsp3) is 0.786. The van der Waals surface area contributed by atoms with Gasteiger partial charge in [-0.1, -0.05) is 27.7 Å². The van der Waals surface area contributed by atoms with E-state index in [-0.39, 0.29) is 0 Å². The highest BCUT2D eigenvalue weighted by Gasteiger charge is 2.17. The molecule has 0 unspecified atom stereocenters. The molecule has 0 aromatic carbocycles. The summed E-state index contributed by atoms with van der Waals surface area (Å²) in [5.41, 5.74) is 4.03. The number of aromatic nitrogens is 2. The Morgan fingerprint density at radius 3 is 2.18 bits per heavy atom. The molecule has 0 spiro atoms. The highest BCUT2D eigenvalue weighted by atomic mass is 15.3. The standard InChI is InChI=1S/C14H27N3/c1-7-16(8-2)10-13-12(6)14(11(4)5)15-17(13)9-3/h11H,7-10H2,1-6H3. The third-order valence-electron chi connectivity index (χ3n) is 3.47. The van der Waals surface area contributed by atoms with Gasteiger partial charge in [-0.05, 0) is 38.4 Å². The van der Waals surface area contributed by atoms with Crippen molar-refractivity contribution < 1.29 is 0 Å². The van der Waals surface area contributed by atoms with Gasteiger partial charge in [0.25, 0.3) is 0 Å². The molecule has 17 heavy (non-hydrogen) atoms. The first kappa shape index (κ1) is 14.2. The van der Waals surface area contributed by atoms with E-state index in [2.05, 4.69) is 51.1 Å². The van der Waals surface area contributed by atoms with Crippen molar-refractivity contribution in [3.05, 3.63) is 17.0 Å². The van der Waals surface area contributed by atoms with Gasteiger partial charge in [0.15, 0.2) is 0 Å². The summed E-state index contributed by atoms with van der Waals surface area (Å²) in [7, 11) is 0. The lowest BCUT2D eigenvalue weighted by atomic mass is 10.1. The molecule has 1 rings (SSSR count). The molecule has 0 saturated carbocycles. The molecule has 1 heterocycles. The maximum atomic E-state index is 4.74. The predicted octanol–water partition coefficient (Wildman–Crippen LogP) is 3.18. The average molecular weight is 237 g/mol. The first-order chi connectivity index (χ1) is 8.04. The molecule has 1 aromatic heterocycles. The second-order valence-electron chi connectivity index (χ2n) is 4.89. The third-order valence-corrected chi connectivity index (χ3v) is 3.47. The van der Waals surface area contributed by atoms with Crippen LogP contribution in [-0.2, 0) is 13.1 Å². The fourth-order valence-corrected chi connectivity index (χ4v) is 2.28. The molecule has 0 amide bonds. The van der Waals surface area contributed by atoms with E-state index in [4.69, 9.17) is 5.10 Å². The van der Waals surface area contributed by atoms with Gasteiger partial charge in [-0.25, -0.2) is 0 Å². The highest BCUT2D eigenvalue weighted by molar-refractivity contribution is 5.27. The average Bonchev–Trinajstić information content (AvgIpc) is 2.63. The van der Waals surface area contributed by atoms with Crippen LogP contribution in [0.1, 0.15) is 57.5 Å². The van der Waals surface area contributed by atoms with Crippen LogP contribution in [0.3, 0.4) is 0 Å². The van der Waals surface area contributed by atoms with E-state index in [1.807, 2.05) is 0 Å². The van der Waals surface area contributed by atoms with Crippen molar-refractivity contribution >= 4 is 0 Å². The van der Waals surface area contributed by atoms with Gasteiger partial charge in [0.1, 0.15) is 0 Å². The minimum absolute atomic E-state index is 0.512. The third kappa shape index (κ3) is 3.09. The molecule has 0 aliphatic rings. The van der Waals surface area contributed by atoms with Crippen molar-refractivity contribution in [3.8, 4) is 0 Å². The van der Waals surface area contributed by atoms with Crippen LogP contribution < -0.4 is 0 Å². The molecular formula is C14H27N3. The maximum Gasteiger partial charge on any atom is 0.0682 e. The van der Waals surface area contributed by atoms with Crippen molar-refractivity contribution in [3.63, 3.8) is 0 Å². The van der Waals surface area contributed by atoms with Gasteiger partial charge >= 0.3 is 0 Å². The van der Waals surface area contributed by atoms with Crippen LogP contribution in [0.5, 0.6) is 0 Å². The van der Waals surface area contributed by atoms with Crippen LogP contribution in [0.4, 0.5) is 0 Å². The van der Waals surface area contributed by atoms with Crippen molar-refractivity contribution in [1.82, 2.24) is 14.7 Å². The summed E-state index contributed by atoms with van der Waals surface area (Å²) >= 11 is 0. The van der Waals surface area contributed by atoms with Gasteiger partial charge in [0, 0.05) is 13.1 Å². The zero-order valence-electron chi connectivity index (χ0n) is 12.2. The first-order valence-corrected chi connectivity index (χ1v) is 6.83. The lowest BCUT2D eigenvalue weighted by Crippen LogP contribution is -2.24. The predicted molar refractivity (Wildman–Crippen MR) is 73.4 cm³/mol. The van der Waals surface area contributed by atoms with Crippen molar-refractivity contribution in [2.75, 3.05) is 13.1 Å². The van der Waals surface area contributed by atoms with E-state index in [0.29, 0.717) is 5.92 Å². The lowest BCUT2D eigenvalue weighted by Gasteiger charge is -2.19.